The van der Waals surface area contributed by atoms with E-state index in [4.69, 9.17) is 0 Å². The van der Waals surface area contributed by atoms with Crippen molar-refractivity contribution in [2.24, 2.45) is 0 Å². The lowest BCUT2D eigenvalue weighted by atomic mass is 10.2. The SMILES string of the molecule is CNc1nc(C)cn1-c1cccc(C)c1. The molecule has 0 saturated carbocycles. The highest BCUT2D eigenvalue weighted by atomic mass is 15.2. The van der Waals surface area contributed by atoms with Gasteiger partial charge < -0.3 is 5.32 Å². The summed E-state index contributed by atoms with van der Waals surface area (Å²) in [6.45, 7) is 4.08. The van der Waals surface area contributed by atoms with Gasteiger partial charge in [-0.05, 0) is 31.5 Å². The number of benzene rings is 1. The topological polar surface area (TPSA) is 29.9 Å². The molecule has 2 aromatic rings. The van der Waals surface area contributed by atoms with Gasteiger partial charge in [0.15, 0.2) is 0 Å². The van der Waals surface area contributed by atoms with Crippen molar-refractivity contribution < 1.29 is 0 Å². The summed E-state index contributed by atoms with van der Waals surface area (Å²) >= 11 is 0. The molecule has 1 aromatic carbocycles. The second-order valence-corrected chi connectivity index (χ2v) is 3.66. The van der Waals surface area contributed by atoms with Gasteiger partial charge in [0.25, 0.3) is 0 Å². The minimum Gasteiger partial charge on any atom is -0.358 e. The number of aryl methyl sites for hydroxylation is 2. The van der Waals surface area contributed by atoms with Gasteiger partial charge in [-0.15, -0.1) is 0 Å². The summed E-state index contributed by atoms with van der Waals surface area (Å²) in [6, 6.07) is 8.36. The van der Waals surface area contributed by atoms with E-state index in [1.807, 2.05) is 20.2 Å². The third kappa shape index (κ3) is 1.86. The molecule has 3 nitrogen and oxygen atoms in total. The Morgan fingerprint density at radius 3 is 2.73 bits per heavy atom. The molecule has 0 radical (unpaired) electrons. The third-order valence-corrected chi connectivity index (χ3v) is 2.33. The maximum absolute atomic E-state index is 4.39. The van der Waals surface area contributed by atoms with Gasteiger partial charge in [0.1, 0.15) is 0 Å². The van der Waals surface area contributed by atoms with Crippen LogP contribution in [0.2, 0.25) is 0 Å². The Morgan fingerprint density at radius 2 is 2.07 bits per heavy atom. The van der Waals surface area contributed by atoms with Crippen LogP contribution in [0.25, 0.3) is 5.69 Å². The van der Waals surface area contributed by atoms with Gasteiger partial charge in [-0.2, -0.15) is 0 Å². The minimum atomic E-state index is 0.873. The fourth-order valence-electron chi connectivity index (χ4n) is 1.65. The highest BCUT2D eigenvalue weighted by Gasteiger charge is 2.05. The Bertz CT molecular complexity index is 471. The van der Waals surface area contributed by atoms with Crippen molar-refractivity contribution in [1.82, 2.24) is 9.55 Å². The Hall–Kier alpha value is -1.77. The lowest BCUT2D eigenvalue weighted by Crippen LogP contribution is -2.00. The van der Waals surface area contributed by atoms with Crippen LogP contribution in [0.4, 0.5) is 5.95 Å². The lowest BCUT2D eigenvalue weighted by molar-refractivity contribution is 1.05. The Labute approximate surface area is 89.8 Å². The molecule has 0 bridgehead atoms. The zero-order valence-corrected chi connectivity index (χ0v) is 9.28. The van der Waals surface area contributed by atoms with Gasteiger partial charge in [0, 0.05) is 18.9 Å². The third-order valence-electron chi connectivity index (χ3n) is 2.33. The van der Waals surface area contributed by atoms with Crippen molar-refractivity contribution in [2.75, 3.05) is 12.4 Å². The first-order valence-electron chi connectivity index (χ1n) is 5.01. The monoisotopic (exact) mass is 201 g/mol. The van der Waals surface area contributed by atoms with Crippen LogP contribution in [0, 0.1) is 13.8 Å². The van der Waals surface area contributed by atoms with Crippen molar-refractivity contribution in [2.45, 2.75) is 13.8 Å². The molecule has 0 aliphatic rings. The van der Waals surface area contributed by atoms with E-state index in [0.29, 0.717) is 0 Å². The van der Waals surface area contributed by atoms with Gasteiger partial charge in [0.2, 0.25) is 5.95 Å². The van der Waals surface area contributed by atoms with Gasteiger partial charge in [-0.25, -0.2) is 4.98 Å². The second kappa shape index (κ2) is 3.77. The number of nitrogens with zero attached hydrogens (tertiary/aromatic N) is 2. The first kappa shape index (κ1) is 9.77. The minimum absolute atomic E-state index is 0.873. The normalized spacial score (nSPS) is 10.3. The van der Waals surface area contributed by atoms with Crippen molar-refractivity contribution in [1.29, 1.82) is 0 Å². The van der Waals surface area contributed by atoms with Gasteiger partial charge in [-0.3, -0.25) is 4.57 Å². The summed E-state index contributed by atoms with van der Waals surface area (Å²) < 4.78 is 2.06. The smallest absolute Gasteiger partial charge is 0.207 e. The molecular weight excluding hydrogens is 186 g/mol. The standard InChI is InChI=1S/C12H15N3/c1-9-5-4-6-11(7-9)15-8-10(2)14-12(15)13-3/h4-8H,1-3H3,(H,13,14). The predicted octanol–water partition coefficient (Wildman–Crippen LogP) is 2.53. The van der Waals surface area contributed by atoms with Crippen molar-refractivity contribution in [3.05, 3.63) is 41.7 Å². The van der Waals surface area contributed by atoms with Crippen molar-refractivity contribution in [3.63, 3.8) is 0 Å². The van der Waals surface area contributed by atoms with Crippen LogP contribution in [-0.2, 0) is 0 Å². The molecule has 0 amide bonds. The Balaban J connectivity index is 2.53. The van der Waals surface area contributed by atoms with Gasteiger partial charge in [0.05, 0.1) is 5.69 Å². The fourth-order valence-corrected chi connectivity index (χ4v) is 1.65. The van der Waals surface area contributed by atoms with Gasteiger partial charge in [-0.1, -0.05) is 12.1 Å². The second-order valence-electron chi connectivity index (χ2n) is 3.66. The van der Waals surface area contributed by atoms with E-state index in [9.17, 15) is 0 Å². The zero-order chi connectivity index (χ0) is 10.8. The molecule has 0 unspecified atom stereocenters. The summed E-state index contributed by atoms with van der Waals surface area (Å²) in [6.07, 6.45) is 2.03. The molecular formula is C12H15N3. The van der Waals surface area contributed by atoms with E-state index >= 15 is 0 Å². The van der Waals surface area contributed by atoms with Crippen LogP contribution in [0.5, 0.6) is 0 Å². The number of nitrogens with one attached hydrogen (secondary N) is 1. The van der Waals surface area contributed by atoms with E-state index in [-0.39, 0.29) is 0 Å². The molecule has 0 aliphatic heterocycles. The van der Waals surface area contributed by atoms with Crippen molar-refractivity contribution >= 4 is 5.95 Å². The first-order valence-corrected chi connectivity index (χ1v) is 5.01. The molecule has 0 atom stereocenters. The number of aromatic nitrogens is 2. The van der Waals surface area contributed by atoms with E-state index in [1.54, 1.807) is 0 Å². The molecule has 0 spiro atoms. The van der Waals surface area contributed by atoms with E-state index in [0.717, 1.165) is 17.3 Å². The molecule has 0 saturated heterocycles. The Kier molecular flexibility index (Phi) is 2.46. The van der Waals surface area contributed by atoms with Crippen LogP contribution in [0.1, 0.15) is 11.3 Å². The van der Waals surface area contributed by atoms with Crippen LogP contribution in [0.15, 0.2) is 30.5 Å². The van der Waals surface area contributed by atoms with Crippen molar-refractivity contribution in [3.8, 4) is 5.69 Å². The molecule has 15 heavy (non-hydrogen) atoms. The van der Waals surface area contributed by atoms with E-state index < -0.39 is 0 Å². The molecule has 78 valence electrons. The molecule has 3 heteroatoms. The first-order chi connectivity index (χ1) is 7.20. The summed E-state index contributed by atoms with van der Waals surface area (Å²) in [5.41, 5.74) is 3.40. The molecule has 1 N–H and O–H groups in total. The lowest BCUT2D eigenvalue weighted by Gasteiger charge is -2.07. The average molecular weight is 201 g/mol. The van der Waals surface area contributed by atoms with Crippen LogP contribution < -0.4 is 5.32 Å². The summed E-state index contributed by atoms with van der Waals surface area (Å²) in [7, 11) is 1.88. The largest absolute Gasteiger partial charge is 0.358 e. The fraction of sp³-hybridized carbons (Fsp3) is 0.250. The maximum atomic E-state index is 4.39. The van der Waals surface area contributed by atoms with E-state index in [2.05, 4.69) is 46.1 Å². The average Bonchev–Trinajstić information content (AvgIpc) is 2.59. The number of imidazole rings is 1. The molecule has 2 rings (SSSR count). The molecule has 0 fully saturated rings. The van der Waals surface area contributed by atoms with Gasteiger partial charge >= 0.3 is 0 Å². The quantitative estimate of drug-likeness (QED) is 0.809. The molecule has 1 aromatic heterocycles. The maximum Gasteiger partial charge on any atom is 0.207 e. The number of rotatable bonds is 2. The Morgan fingerprint density at radius 1 is 1.27 bits per heavy atom. The van der Waals surface area contributed by atoms with Crippen LogP contribution >= 0.6 is 0 Å². The predicted molar refractivity (Wildman–Crippen MR) is 62.6 cm³/mol. The van der Waals surface area contributed by atoms with Crippen LogP contribution in [-0.4, -0.2) is 16.6 Å². The summed E-state index contributed by atoms with van der Waals surface area (Å²) in [4.78, 5) is 4.39. The summed E-state index contributed by atoms with van der Waals surface area (Å²) in [5.74, 6) is 0.873. The highest BCUT2D eigenvalue weighted by Crippen LogP contribution is 2.16. The number of hydrogen-bond acceptors (Lipinski definition) is 2. The zero-order valence-electron chi connectivity index (χ0n) is 9.28. The van der Waals surface area contributed by atoms with Crippen LogP contribution in [0.3, 0.4) is 0 Å². The molecule has 0 aliphatic carbocycles. The number of anilines is 1. The number of hydrogen-bond donors (Lipinski definition) is 1. The van der Waals surface area contributed by atoms with E-state index in [1.165, 1.54) is 5.56 Å². The summed E-state index contributed by atoms with van der Waals surface area (Å²) in [5, 5.41) is 3.09. The highest BCUT2D eigenvalue weighted by molar-refractivity contribution is 5.44. The molecule has 1 heterocycles.